The highest BCUT2D eigenvalue weighted by Crippen LogP contribution is 2.18. The summed E-state index contributed by atoms with van der Waals surface area (Å²) in [6, 6.07) is 10.7. The highest BCUT2D eigenvalue weighted by Gasteiger charge is 2.05. The van der Waals surface area contributed by atoms with Gasteiger partial charge in [0.15, 0.2) is 0 Å². The van der Waals surface area contributed by atoms with Gasteiger partial charge in [0.2, 0.25) is 0 Å². The Balaban J connectivity index is 2.66. The van der Waals surface area contributed by atoms with Crippen molar-refractivity contribution in [3.8, 4) is 11.8 Å². The number of benzene rings is 1. The molecule has 0 amide bonds. The van der Waals surface area contributed by atoms with Crippen LogP contribution in [0.2, 0.25) is 0 Å². The Labute approximate surface area is 107 Å². The van der Waals surface area contributed by atoms with E-state index < -0.39 is 0 Å². The SMILES string of the molecule is Cc1cc(-n2cccc(C#N)c2=O)ccc1Br. The van der Waals surface area contributed by atoms with E-state index >= 15 is 0 Å². The fourth-order valence-electron chi connectivity index (χ4n) is 1.56. The van der Waals surface area contributed by atoms with E-state index in [9.17, 15) is 4.79 Å². The van der Waals surface area contributed by atoms with Gasteiger partial charge in [-0.15, -0.1) is 0 Å². The first-order valence-corrected chi connectivity index (χ1v) is 5.81. The minimum Gasteiger partial charge on any atom is -0.283 e. The standard InChI is InChI=1S/C13H9BrN2O/c1-9-7-11(4-5-12(9)14)16-6-2-3-10(8-15)13(16)17/h2-7H,1H3. The predicted molar refractivity (Wildman–Crippen MR) is 69.2 cm³/mol. The van der Waals surface area contributed by atoms with Crippen LogP contribution in [0.3, 0.4) is 0 Å². The molecule has 0 atom stereocenters. The summed E-state index contributed by atoms with van der Waals surface area (Å²) in [7, 11) is 0. The van der Waals surface area contributed by atoms with Gasteiger partial charge >= 0.3 is 0 Å². The number of aryl methyl sites for hydroxylation is 1. The molecule has 1 heterocycles. The first-order chi connectivity index (χ1) is 8.13. The number of pyridine rings is 1. The molecule has 1 aromatic carbocycles. The Bertz CT molecular complexity index is 668. The van der Waals surface area contributed by atoms with Gasteiger partial charge in [0, 0.05) is 16.4 Å². The molecule has 0 aliphatic rings. The van der Waals surface area contributed by atoms with Crippen LogP contribution in [0.5, 0.6) is 0 Å². The lowest BCUT2D eigenvalue weighted by molar-refractivity contribution is 0.979. The monoisotopic (exact) mass is 288 g/mol. The minimum atomic E-state index is -0.295. The summed E-state index contributed by atoms with van der Waals surface area (Å²) < 4.78 is 2.46. The van der Waals surface area contributed by atoms with Crippen LogP contribution in [0.4, 0.5) is 0 Å². The first kappa shape index (κ1) is 11.6. The number of halogens is 1. The summed E-state index contributed by atoms with van der Waals surface area (Å²) >= 11 is 3.41. The topological polar surface area (TPSA) is 45.8 Å². The first-order valence-electron chi connectivity index (χ1n) is 5.02. The van der Waals surface area contributed by atoms with Crippen LogP contribution in [0.15, 0.2) is 45.8 Å². The fraction of sp³-hybridized carbons (Fsp3) is 0.0769. The number of rotatable bonds is 1. The Kier molecular flexibility index (Phi) is 3.12. The molecule has 0 unspecified atom stereocenters. The molecule has 0 saturated carbocycles. The summed E-state index contributed by atoms with van der Waals surface area (Å²) in [4.78, 5) is 11.9. The second kappa shape index (κ2) is 4.56. The van der Waals surface area contributed by atoms with Gasteiger partial charge in [-0.25, -0.2) is 0 Å². The van der Waals surface area contributed by atoms with E-state index in [1.54, 1.807) is 12.3 Å². The molecule has 17 heavy (non-hydrogen) atoms. The number of hydrogen-bond acceptors (Lipinski definition) is 2. The molecular weight excluding hydrogens is 280 g/mol. The average molecular weight is 289 g/mol. The number of hydrogen-bond donors (Lipinski definition) is 0. The highest BCUT2D eigenvalue weighted by atomic mass is 79.9. The third-order valence-corrected chi connectivity index (χ3v) is 3.38. The third-order valence-electron chi connectivity index (χ3n) is 2.49. The van der Waals surface area contributed by atoms with E-state index in [1.807, 2.05) is 31.2 Å². The van der Waals surface area contributed by atoms with E-state index in [2.05, 4.69) is 15.9 Å². The lowest BCUT2D eigenvalue weighted by Gasteiger charge is -2.07. The van der Waals surface area contributed by atoms with Gasteiger partial charge < -0.3 is 0 Å². The Morgan fingerprint density at radius 2 is 2.12 bits per heavy atom. The maximum atomic E-state index is 11.9. The van der Waals surface area contributed by atoms with E-state index in [0.29, 0.717) is 0 Å². The lowest BCUT2D eigenvalue weighted by atomic mass is 10.2. The number of aromatic nitrogens is 1. The van der Waals surface area contributed by atoms with Crippen LogP contribution < -0.4 is 5.56 Å². The molecule has 4 heteroatoms. The molecule has 0 fully saturated rings. The summed E-state index contributed by atoms with van der Waals surface area (Å²) in [6.45, 7) is 1.95. The average Bonchev–Trinajstić information content (AvgIpc) is 2.33. The van der Waals surface area contributed by atoms with Crippen LogP contribution >= 0.6 is 15.9 Å². The van der Waals surface area contributed by atoms with Crippen molar-refractivity contribution < 1.29 is 0 Å². The molecular formula is C13H9BrN2O. The van der Waals surface area contributed by atoms with Crippen molar-refractivity contribution in [3.63, 3.8) is 0 Å². The van der Waals surface area contributed by atoms with Gasteiger partial charge in [-0.05, 0) is 42.8 Å². The minimum absolute atomic E-state index is 0.146. The quantitative estimate of drug-likeness (QED) is 0.810. The molecule has 84 valence electrons. The normalized spacial score (nSPS) is 9.94. The summed E-state index contributed by atoms with van der Waals surface area (Å²) in [5, 5.41) is 8.82. The smallest absolute Gasteiger partial charge is 0.272 e. The molecule has 0 spiro atoms. The Morgan fingerprint density at radius 1 is 1.35 bits per heavy atom. The zero-order chi connectivity index (χ0) is 12.4. The molecule has 0 bridgehead atoms. The van der Waals surface area contributed by atoms with Crippen molar-refractivity contribution in [1.29, 1.82) is 5.26 Å². The van der Waals surface area contributed by atoms with E-state index in [-0.39, 0.29) is 11.1 Å². The second-order valence-electron chi connectivity index (χ2n) is 3.64. The van der Waals surface area contributed by atoms with Crippen molar-refractivity contribution in [1.82, 2.24) is 4.57 Å². The Morgan fingerprint density at radius 3 is 2.76 bits per heavy atom. The lowest BCUT2D eigenvalue weighted by Crippen LogP contribution is -2.19. The largest absolute Gasteiger partial charge is 0.283 e. The number of nitrogens with zero attached hydrogens (tertiary/aromatic N) is 2. The van der Waals surface area contributed by atoms with Gasteiger partial charge in [-0.3, -0.25) is 9.36 Å². The van der Waals surface area contributed by atoms with Gasteiger partial charge in [-0.1, -0.05) is 15.9 Å². The van der Waals surface area contributed by atoms with Crippen molar-refractivity contribution in [3.05, 3.63) is 62.5 Å². The summed E-state index contributed by atoms with van der Waals surface area (Å²) in [5.74, 6) is 0. The van der Waals surface area contributed by atoms with Crippen molar-refractivity contribution in [2.24, 2.45) is 0 Å². The predicted octanol–water partition coefficient (Wildman–Crippen LogP) is 2.78. The zero-order valence-corrected chi connectivity index (χ0v) is 10.7. The maximum absolute atomic E-state index is 11.9. The molecule has 0 radical (unpaired) electrons. The van der Waals surface area contributed by atoms with Gasteiger partial charge in [0.25, 0.3) is 5.56 Å². The molecule has 3 nitrogen and oxygen atoms in total. The molecule has 0 aliphatic carbocycles. The van der Waals surface area contributed by atoms with Crippen molar-refractivity contribution >= 4 is 15.9 Å². The van der Waals surface area contributed by atoms with Crippen molar-refractivity contribution in [2.45, 2.75) is 6.92 Å². The second-order valence-corrected chi connectivity index (χ2v) is 4.50. The molecule has 0 aliphatic heterocycles. The summed E-state index contributed by atoms with van der Waals surface area (Å²) in [5.41, 5.74) is 1.65. The van der Waals surface area contributed by atoms with Crippen molar-refractivity contribution in [2.75, 3.05) is 0 Å². The number of nitriles is 1. The van der Waals surface area contributed by atoms with Crippen LogP contribution in [-0.2, 0) is 0 Å². The highest BCUT2D eigenvalue weighted by molar-refractivity contribution is 9.10. The van der Waals surface area contributed by atoms with E-state index in [4.69, 9.17) is 5.26 Å². The fourth-order valence-corrected chi connectivity index (χ4v) is 1.81. The van der Waals surface area contributed by atoms with Crippen LogP contribution in [0, 0.1) is 18.3 Å². The molecule has 0 saturated heterocycles. The zero-order valence-electron chi connectivity index (χ0n) is 9.14. The molecule has 2 aromatic rings. The van der Waals surface area contributed by atoms with Crippen LogP contribution in [-0.4, -0.2) is 4.57 Å². The third kappa shape index (κ3) is 2.15. The molecule has 0 N–H and O–H groups in total. The maximum Gasteiger partial charge on any atom is 0.272 e. The van der Waals surface area contributed by atoms with Crippen LogP contribution in [0.25, 0.3) is 5.69 Å². The summed E-state index contributed by atoms with van der Waals surface area (Å²) in [6.07, 6.45) is 1.66. The van der Waals surface area contributed by atoms with Crippen LogP contribution in [0.1, 0.15) is 11.1 Å². The van der Waals surface area contributed by atoms with E-state index in [0.717, 1.165) is 15.7 Å². The molecule has 1 aromatic heterocycles. The van der Waals surface area contributed by atoms with Gasteiger partial charge in [0.05, 0.1) is 0 Å². The van der Waals surface area contributed by atoms with Gasteiger partial charge in [0.1, 0.15) is 11.6 Å². The Hall–Kier alpha value is -1.86. The molecule has 2 rings (SSSR count). The van der Waals surface area contributed by atoms with E-state index in [1.165, 1.54) is 10.6 Å². The van der Waals surface area contributed by atoms with Gasteiger partial charge in [-0.2, -0.15) is 5.26 Å².